The standard InChI is InChI=1S/C18H22N4O4/c1-11-3-5-12(6-4-11)17-20-18(26-21-17)14-9-13(10-22(14)2)19-15(23)7-8-16(24)25/h3-6,13-14H,7-10H2,1-2H3,(H,19,23)(H,24,25)/t13-,14-/m0/s1. The van der Waals surface area contributed by atoms with E-state index in [-0.39, 0.29) is 30.8 Å². The number of carboxylic acid groups (broad SMARTS) is 1. The van der Waals surface area contributed by atoms with Crippen LogP contribution in [-0.2, 0) is 9.59 Å². The fraction of sp³-hybridized carbons (Fsp3) is 0.444. The number of hydrogen-bond donors (Lipinski definition) is 2. The highest BCUT2D eigenvalue weighted by molar-refractivity contribution is 5.80. The van der Waals surface area contributed by atoms with E-state index in [1.54, 1.807) is 0 Å². The van der Waals surface area contributed by atoms with Gasteiger partial charge in [0.15, 0.2) is 6.04 Å². The van der Waals surface area contributed by atoms with Crippen LogP contribution in [0.2, 0.25) is 0 Å². The second kappa shape index (κ2) is 7.65. The fourth-order valence-electron chi connectivity index (χ4n) is 3.23. The molecule has 1 aliphatic heterocycles. The van der Waals surface area contributed by atoms with E-state index < -0.39 is 5.97 Å². The normalized spacial score (nSPS) is 22.3. The van der Waals surface area contributed by atoms with Crippen molar-refractivity contribution in [1.29, 1.82) is 0 Å². The number of nitrogens with one attached hydrogen (secondary N) is 2. The molecule has 1 aromatic carbocycles. The molecule has 2 heterocycles. The van der Waals surface area contributed by atoms with Gasteiger partial charge in [-0.2, -0.15) is 4.98 Å². The van der Waals surface area contributed by atoms with Crippen molar-refractivity contribution >= 4 is 11.9 Å². The van der Waals surface area contributed by atoms with Crippen LogP contribution < -0.4 is 15.3 Å². The minimum Gasteiger partial charge on any atom is -0.550 e. The number of rotatable bonds is 6. The van der Waals surface area contributed by atoms with E-state index in [2.05, 4.69) is 15.5 Å². The largest absolute Gasteiger partial charge is 0.550 e. The zero-order valence-electron chi connectivity index (χ0n) is 14.8. The summed E-state index contributed by atoms with van der Waals surface area (Å²) in [5, 5.41) is 17.4. The molecular formula is C18H22N4O4. The van der Waals surface area contributed by atoms with Crippen molar-refractivity contribution in [3.05, 3.63) is 35.7 Å². The van der Waals surface area contributed by atoms with Crippen LogP contribution in [-0.4, -0.2) is 41.7 Å². The highest BCUT2D eigenvalue weighted by Crippen LogP contribution is 2.22. The summed E-state index contributed by atoms with van der Waals surface area (Å²) in [6.07, 6.45) is 0.327. The first-order chi connectivity index (χ1) is 12.4. The highest BCUT2D eigenvalue weighted by Gasteiger charge is 2.39. The number of aryl methyl sites for hydroxylation is 1. The van der Waals surface area contributed by atoms with E-state index in [1.807, 2.05) is 38.2 Å². The first kappa shape index (κ1) is 18.1. The number of likely N-dealkylation sites (tertiary alicyclic amines) is 1. The molecule has 1 amide bonds. The van der Waals surface area contributed by atoms with Crippen molar-refractivity contribution in [3.63, 3.8) is 0 Å². The Morgan fingerprint density at radius 2 is 2.04 bits per heavy atom. The average Bonchev–Trinajstić information content (AvgIpc) is 3.20. The lowest BCUT2D eigenvalue weighted by Crippen LogP contribution is -3.07. The Morgan fingerprint density at radius 1 is 1.31 bits per heavy atom. The maximum absolute atomic E-state index is 11.8. The molecule has 2 aromatic rings. The molecule has 0 spiro atoms. The molecule has 0 saturated carbocycles. The quantitative estimate of drug-likeness (QED) is 0.686. The average molecular weight is 358 g/mol. The third-order valence-electron chi connectivity index (χ3n) is 4.65. The summed E-state index contributed by atoms with van der Waals surface area (Å²) in [5.41, 5.74) is 2.06. The van der Waals surface area contributed by atoms with Crippen molar-refractivity contribution in [3.8, 4) is 11.4 Å². The number of nitrogens with zero attached hydrogens (tertiary/aromatic N) is 2. The number of amides is 1. The molecule has 0 radical (unpaired) electrons. The van der Waals surface area contributed by atoms with Gasteiger partial charge in [0, 0.05) is 24.4 Å². The number of hydrogen-bond acceptors (Lipinski definition) is 6. The fourth-order valence-corrected chi connectivity index (χ4v) is 3.23. The lowest BCUT2D eigenvalue weighted by atomic mass is 10.1. The molecule has 8 heteroatoms. The number of likely N-dealkylation sites (N-methyl/N-ethyl adjacent to an activating group) is 1. The molecule has 1 fully saturated rings. The van der Waals surface area contributed by atoms with E-state index >= 15 is 0 Å². The summed E-state index contributed by atoms with van der Waals surface area (Å²) in [5.74, 6) is -0.404. The van der Waals surface area contributed by atoms with E-state index in [0.717, 1.165) is 16.0 Å². The smallest absolute Gasteiger partial charge is 0.285 e. The topological polar surface area (TPSA) is 113 Å². The summed E-state index contributed by atoms with van der Waals surface area (Å²) < 4.78 is 5.46. The summed E-state index contributed by atoms with van der Waals surface area (Å²) in [6, 6.07) is 7.84. The second-order valence-electron chi connectivity index (χ2n) is 6.80. The van der Waals surface area contributed by atoms with Crippen LogP contribution in [0.5, 0.6) is 0 Å². The molecular weight excluding hydrogens is 336 g/mol. The molecule has 1 unspecified atom stereocenters. The molecule has 1 aliphatic rings. The van der Waals surface area contributed by atoms with Crippen LogP contribution in [0.25, 0.3) is 11.4 Å². The number of carboxylic acids is 1. The number of carbonyl (C=O) groups excluding carboxylic acids is 2. The van der Waals surface area contributed by atoms with Gasteiger partial charge in [-0.05, 0) is 13.3 Å². The van der Waals surface area contributed by atoms with Crippen molar-refractivity contribution in [1.82, 2.24) is 15.5 Å². The molecule has 8 nitrogen and oxygen atoms in total. The highest BCUT2D eigenvalue weighted by atomic mass is 16.5. The summed E-state index contributed by atoms with van der Waals surface area (Å²) in [4.78, 5) is 27.9. The van der Waals surface area contributed by atoms with Gasteiger partial charge in [0.05, 0.1) is 19.6 Å². The SMILES string of the molecule is Cc1ccc(-c2noc([C@@H]3C[C@H](NC(=O)CCC(=O)[O-])C[NH+]3C)n2)cc1. The molecule has 3 atom stereocenters. The lowest BCUT2D eigenvalue weighted by Gasteiger charge is -2.11. The Kier molecular flexibility index (Phi) is 5.32. The van der Waals surface area contributed by atoms with Crippen molar-refractivity contribution in [2.45, 2.75) is 38.3 Å². The summed E-state index contributed by atoms with van der Waals surface area (Å²) in [6.45, 7) is 2.73. The van der Waals surface area contributed by atoms with E-state index in [1.165, 1.54) is 0 Å². The van der Waals surface area contributed by atoms with Crippen molar-refractivity contribution in [2.24, 2.45) is 0 Å². The summed E-state index contributed by atoms with van der Waals surface area (Å²) >= 11 is 0. The number of aliphatic carboxylic acids is 1. The Balaban J connectivity index is 1.62. The Morgan fingerprint density at radius 3 is 2.73 bits per heavy atom. The van der Waals surface area contributed by atoms with E-state index in [4.69, 9.17) is 4.52 Å². The second-order valence-corrected chi connectivity index (χ2v) is 6.80. The molecule has 0 aliphatic carbocycles. The molecule has 26 heavy (non-hydrogen) atoms. The van der Waals surface area contributed by atoms with Crippen molar-refractivity contribution < 1.29 is 24.1 Å². The first-order valence-corrected chi connectivity index (χ1v) is 8.64. The van der Waals surface area contributed by atoms with Gasteiger partial charge in [0.25, 0.3) is 5.89 Å². The van der Waals surface area contributed by atoms with Crippen LogP contribution in [0.3, 0.4) is 0 Å². The molecule has 138 valence electrons. The van der Waals surface area contributed by atoms with Gasteiger partial charge in [-0.15, -0.1) is 0 Å². The van der Waals surface area contributed by atoms with Gasteiger partial charge in [-0.3, -0.25) is 4.79 Å². The summed E-state index contributed by atoms with van der Waals surface area (Å²) in [7, 11) is 2.01. The Bertz CT molecular complexity index is 787. The lowest BCUT2D eigenvalue weighted by molar-refractivity contribution is -0.900. The number of benzene rings is 1. The Hall–Kier alpha value is -2.74. The van der Waals surface area contributed by atoms with Gasteiger partial charge in [-0.1, -0.05) is 35.0 Å². The minimum absolute atomic E-state index is 0.00635. The maximum Gasteiger partial charge on any atom is 0.285 e. The third-order valence-corrected chi connectivity index (χ3v) is 4.65. The zero-order valence-corrected chi connectivity index (χ0v) is 14.8. The third kappa shape index (κ3) is 4.26. The minimum atomic E-state index is -1.22. The van der Waals surface area contributed by atoms with Gasteiger partial charge >= 0.3 is 0 Å². The van der Waals surface area contributed by atoms with Crippen LogP contribution in [0.1, 0.15) is 36.8 Å². The van der Waals surface area contributed by atoms with Crippen LogP contribution in [0.15, 0.2) is 28.8 Å². The zero-order chi connectivity index (χ0) is 18.7. The van der Waals surface area contributed by atoms with Crippen LogP contribution in [0, 0.1) is 6.92 Å². The van der Waals surface area contributed by atoms with E-state index in [9.17, 15) is 14.7 Å². The molecule has 2 N–H and O–H groups in total. The number of carbonyl (C=O) groups is 2. The Labute approximate surface area is 151 Å². The molecule has 0 bridgehead atoms. The molecule has 1 aromatic heterocycles. The monoisotopic (exact) mass is 358 g/mol. The van der Waals surface area contributed by atoms with Crippen LogP contribution in [0.4, 0.5) is 0 Å². The van der Waals surface area contributed by atoms with Gasteiger partial charge in [0.1, 0.15) is 0 Å². The number of aromatic nitrogens is 2. The molecule has 3 rings (SSSR count). The predicted octanol–water partition coefficient (Wildman–Crippen LogP) is -0.981. The van der Waals surface area contributed by atoms with Gasteiger partial charge < -0.3 is 24.6 Å². The van der Waals surface area contributed by atoms with E-state index in [0.29, 0.717) is 24.7 Å². The van der Waals surface area contributed by atoms with Gasteiger partial charge in [0.2, 0.25) is 11.7 Å². The molecule has 1 saturated heterocycles. The number of quaternary nitrogens is 1. The van der Waals surface area contributed by atoms with Crippen molar-refractivity contribution in [2.75, 3.05) is 13.6 Å². The first-order valence-electron chi connectivity index (χ1n) is 8.64. The maximum atomic E-state index is 11.8. The van der Waals surface area contributed by atoms with Gasteiger partial charge in [-0.25, -0.2) is 0 Å². The van der Waals surface area contributed by atoms with Crippen LogP contribution >= 0.6 is 0 Å². The predicted molar refractivity (Wildman–Crippen MR) is 89.8 cm³/mol.